The normalized spacial score (nSPS) is 11.2. The van der Waals surface area contributed by atoms with Crippen LogP contribution in [0.25, 0.3) is 10.2 Å². The molecule has 8 heteroatoms. The van der Waals surface area contributed by atoms with Crippen molar-refractivity contribution >= 4 is 38.3 Å². The average molecular weight is 427 g/mol. The molecule has 0 unspecified atom stereocenters. The van der Waals surface area contributed by atoms with Crippen LogP contribution in [0.2, 0.25) is 0 Å². The molecule has 0 bridgehead atoms. The van der Waals surface area contributed by atoms with Crippen LogP contribution in [0, 0.1) is 24.0 Å². The maximum atomic E-state index is 13.4. The number of thiazole rings is 1. The van der Waals surface area contributed by atoms with Crippen LogP contribution in [-0.4, -0.2) is 46.9 Å². The minimum absolute atomic E-state index is 0.0971. The second-order valence-electron chi connectivity index (χ2n) is 7.19. The Kier molecular flexibility index (Phi) is 6.79. The fourth-order valence-electron chi connectivity index (χ4n) is 3.26. The Balaban J connectivity index is 2.00. The molecule has 0 saturated heterocycles. The Morgan fingerprint density at radius 2 is 1.80 bits per heavy atom. The van der Waals surface area contributed by atoms with Crippen LogP contribution in [0.4, 0.5) is 10.8 Å². The van der Waals surface area contributed by atoms with Crippen molar-refractivity contribution < 1.29 is 9.72 Å². The van der Waals surface area contributed by atoms with E-state index in [-0.39, 0.29) is 17.2 Å². The molecule has 7 nitrogen and oxygen atoms in total. The number of nitrogens with zero attached hydrogens (tertiary/aromatic N) is 4. The van der Waals surface area contributed by atoms with Crippen molar-refractivity contribution in [1.82, 2.24) is 9.88 Å². The predicted octanol–water partition coefficient (Wildman–Crippen LogP) is 4.81. The number of anilines is 1. The van der Waals surface area contributed by atoms with Gasteiger partial charge in [0.2, 0.25) is 0 Å². The van der Waals surface area contributed by atoms with Crippen LogP contribution in [0.3, 0.4) is 0 Å². The molecule has 0 saturated carbocycles. The van der Waals surface area contributed by atoms with Crippen molar-refractivity contribution in [2.45, 2.75) is 27.7 Å². The van der Waals surface area contributed by atoms with Crippen LogP contribution < -0.4 is 4.90 Å². The minimum Gasteiger partial charge on any atom is -0.302 e. The fraction of sp³-hybridized carbons (Fsp3) is 0.364. The molecule has 0 fully saturated rings. The van der Waals surface area contributed by atoms with Gasteiger partial charge in [0.05, 0.1) is 15.1 Å². The average Bonchev–Trinajstić information content (AvgIpc) is 3.13. The number of amides is 1. The van der Waals surface area contributed by atoms with Crippen LogP contribution in [-0.2, 0) is 0 Å². The first kappa shape index (κ1) is 21.9. The molecule has 1 aromatic heterocycles. The lowest BCUT2D eigenvalue weighted by Gasteiger charge is -2.24. The van der Waals surface area contributed by atoms with Gasteiger partial charge in [0.15, 0.2) is 5.13 Å². The molecule has 0 spiro atoms. The Morgan fingerprint density at radius 3 is 2.47 bits per heavy atom. The van der Waals surface area contributed by atoms with E-state index in [4.69, 9.17) is 4.98 Å². The number of rotatable bonds is 8. The smallest absolute Gasteiger partial charge is 0.270 e. The molecule has 1 heterocycles. The number of fused-ring (bicyclic) bond motifs is 1. The van der Waals surface area contributed by atoms with E-state index in [0.717, 1.165) is 28.9 Å². The summed E-state index contributed by atoms with van der Waals surface area (Å²) in [6.45, 7) is 11.2. The standard InChI is InChI=1S/C22H26N4O3S/c1-5-24(6-2)10-11-25(21(27)17-8-7-9-18(14-17)26(28)29)22-23-19-12-15(3)16(4)13-20(19)30-22/h7-9,12-14H,5-6,10-11H2,1-4H3. The number of nitro groups is 1. The summed E-state index contributed by atoms with van der Waals surface area (Å²) < 4.78 is 1.02. The highest BCUT2D eigenvalue weighted by atomic mass is 32.1. The molecule has 158 valence electrons. The quantitative estimate of drug-likeness (QED) is 0.381. The van der Waals surface area contributed by atoms with Crippen LogP contribution in [0.15, 0.2) is 36.4 Å². The van der Waals surface area contributed by atoms with Crippen molar-refractivity contribution in [3.8, 4) is 0 Å². The Morgan fingerprint density at radius 1 is 1.10 bits per heavy atom. The maximum Gasteiger partial charge on any atom is 0.270 e. The molecule has 0 aliphatic rings. The van der Waals surface area contributed by atoms with Crippen molar-refractivity contribution in [1.29, 1.82) is 0 Å². The topological polar surface area (TPSA) is 79.6 Å². The number of hydrogen-bond donors (Lipinski definition) is 0. The summed E-state index contributed by atoms with van der Waals surface area (Å²) in [4.78, 5) is 32.6. The van der Waals surface area contributed by atoms with E-state index in [1.165, 1.54) is 29.0 Å². The van der Waals surface area contributed by atoms with Gasteiger partial charge in [0.1, 0.15) is 0 Å². The zero-order chi connectivity index (χ0) is 21.8. The first-order chi connectivity index (χ1) is 14.3. The Hall–Kier alpha value is -2.84. The van der Waals surface area contributed by atoms with E-state index in [1.807, 2.05) is 13.0 Å². The lowest BCUT2D eigenvalue weighted by atomic mass is 10.1. The molecule has 30 heavy (non-hydrogen) atoms. The Bertz CT molecular complexity index is 1040. The van der Waals surface area contributed by atoms with Gasteiger partial charge in [-0.05, 0) is 56.3 Å². The van der Waals surface area contributed by atoms with Gasteiger partial charge < -0.3 is 4.90 Å². The molecule has 0 aliphatic heterocycles. The number of hydrogen-bond acceptors (Lipinski definition) is 6. The number of non-ortho nitro benzene ring substituents is 1. The third-order valence-corrected chi connectivity index (χ3v) is 6.35. The van der Waals surface area contributed by atoms with E-state index in [0.29, 0.717) is 18.2 Å². The van der Waals surface area contributed by atoms with Gasteiger partial charge in [-0.25, -0.2) is 4.98 Å². The molecule has 2 aromatic carbocycles. The van der Waals surface area contributed by atoms with Gasteiger partial charge in [-0.2, -0.15) is 0 Å². The predicted molar refractivity (Wildman–Crippen MR) is 122 cm³/mol. The SMILES string of the molecule is CCN(CC)CCN(C(=O)c1cccc([N+](=O)[O-])c1)c1nc2cc(C)c(C)cc2s1. The minimum atomic E-state index is -0.486. The van der Waals surface area contributed by atoms with E-state index >= 15 is 0 Å². The lowest BCUT2D eigenvalue weighted by Crippen LogP contribution is -2.38. The first-order valence-electron chi connectivity index (χ1n) is 10.0. The summed E-state index contributed by atoms with van der Waals surface area (Å²) in [6.07, 6.45) is 0. The molecular weight excluding hydrogens is 400 g/mol. The molecule has 3 rings (SSSR count). The summed E-state index contributed by atoms with van der Waals surface area (Å²) in [7, 11) is 0. The molecule has 0 radical (unpaired) electrons. The summed E-state index contributed by atoms with van der Waals surface area (Å²) in [6, 6.07) is 9.99. The van der Waals surface area contributed by atoms with Crippen molar-refractivity contribution in [2.24, 2.45) is 0 Å². The second kappa shape index (κ2) is 9.32. The number of benzene rings is 2. The Labute approximate surface area is 180 Å². The largest absolute Gasteiger partial charge is 0.302 e. The molecule has 0 atom stereocenters. The van der Waals surface area contributed by atoms with Crippen molar-refractivity contribution in [2.75, 3.05) is 31.1 Å². The van der Waals surface area contributed by atoms with Gasteiger partial charge >= 0.3 is 0 Å². The number of likely N-dealkylation sites (N-methyl/N-ethyl adjacent to an activating group) is 1. The highest BCUT2D eigenvalue weighted by Gasteiger charge is 2.23. The maximum absolute atomic E-state index is 13.4. The van der Waals surface area contributed by atoms with E-state index < -0.39 is 4.92 Å². The molecule has 3 aromatic rings. The number of aryl methyl sites for hydroxylation is 2. The van der Waals surface area contributed by atoms with Crippen LogP contribution >= 0.6 is 11.3 Å². The van der Waals surface area contributed by atoms with E-state index in [2.05, 4.69) is 31.7 Å². The third kappa shape index (κ3) is 4.66. The highest BCUT2D eigenvalue weighted by molar-refractivity contribution is 7.22. The van der Waals surface area contributed by atoms with Crippen molar-refractivity contribution in [3.05, 3.63) is 63.2 Å². The third-order valence-electron chi connectivity index (χ3n) is 5.31. The van der Waals surface area contributed by atoms with Crippen LogP contribution in [0.5, 0.6) is 0 Å². The molecule has 1 amide bonds. The van der Waals surface area contributed by atoms with Gasteiger partial charge in [0, 0.05) is 30.8 Å². The summed E-state index contributed by atoms with van der Waals surface area (Å²) in [5.74, 6) is -0.279. The monoisotopic (exact) mass is 426 g/mol. The van der Waals surface area contributed by atoms with E-state index in [9.17, 15) is 14.9 Å². The van der Waals surface area contributed by atoms with E-state index in [1.54, 1.807) is 17.0 Å². The number of carbonyl (C=O) groups is 1. The number of carbonyl (C=O) groups excluding carboxylic acids is 1. The second-order valence-corrected chi connectivity index (χ2v) is 8.20. The number of nitro benzene ring substituents is 1. The summed E-state index contributed by atoms with van der Waals surface area (Å²) in [5, 5.41) is 11.8. The zero-order valence-corrected chi connectivity index (χ0v) is 18.5. The molecule has 0 N–H and O–H groups in total. The lowest BCUT2D eigenvalue weighted by molar-refractivity contribution is -0.384. The van der Waals surface area contributed by atoms with Crippen LogP contribution in [0.1, 0.15) is 35.3 Å². The summed E-state index contributed by atoms with van der Waals surface area (Å²) in [5.41, 5.74) is 3.38. The van der Waals surface area contributed by atoms with Gasteiger partial charge in [-0.15, -0.1) is 0 Å². The molecular formula is C22H26N4O3S. The zero-order valence-electron chi connectivity index (χ0n) is 17.7. The summed E-state index contributed by atoms with van der Waals surface area (Å²) >= 11 is 1.47. The van der Waals surface area contributed by atoms with Gasteiger partial charge in [0.25, 0.3) is 11.6 Å². The van der Waals surface area contributed by atoms with Crippen molar-refractivity contribution in [3.63, 3.8) is 0 Å². The fourth-order valence-corrected chi connectivity index (χ4v) is 4.33. The number of aromatic nitrogens is 1. The van der Waals surface area contributed by atoms with Gasteiger partial charge in [-0.3, -0.25) is 19.8 Å². The van der Waals surface area contributed by atoms with Gasteiger partial charge in [-0.1, -0.05) is 31.3 Å². The highest BCUT2D eigenvalue weighted by Crippen LogP contribution is 2.32. The first-order valence-corrected chi connectivity index (χ1v) is 10.8. The molecule has 0 aliphatic carbocycles.